The molecule has 3 rings (SSSR count). The number of aldehydes is 1. The Labute approximate surface area is 122 Å². The number of carbonyl (C=O) groups excluding carboxylic acids is 1. The smallest absolute Gasteiger partial charge is 0.159 e. The van der Waals surface area contributed by atoms with Gasteiger partial charge in [-0.25, -0.2) is 0 Å². The molecule has 0 amide bonds. The molecule has 0 fully saturated rings. The standard InChI is InChI=1S/C12H11N.C5H4OS/c1-3-7-11(8-4-1)13-12-9-5-2-6-10-12;6-4-5-2-1-3-7-5/h1-10,13H;1-4H. The Morgan fingerprint density at radius 3 is 1.65 bits per heavy atom. The number of rotatable bonds is 3. The summed E-state index contributed by atoms with van der Waals surface area (Å²) < 4.78 is 0. The van der Waals surface area contributed by atoms with Gasteiger partial charge in [-0.2, -0.15) is 0 Å². The highest BCUT2D eigenvalue weighted by Gasteiger charge is 1.89. The first-order valence-electron chi connectivity index (χ1n) is 6.24. The fourth-order valence-electron chi connectivity index (χ4n) is 1.57. The summed E-state index contributed by atoms with van der Waals surface area (Å²) in [5.41, 5.74) is 2.24. The van der Waals surface area contributed by atoms with Crippen molar-refractivity contribution in [2.24, 2.45) is 0 Å². The molecule has 0 saturated heterocycles. The van der Waals surface area contributed by atoms with Gasteiger partial charge in [-0.15, -0.1) is 11.3 Å². The second-order valence-electron chi connectivity index (χ2n) is 3.99. The zero-order valence-corrected chi connectivity index (χ0v) is 11.7. The van der Waals surface area contributed by atoms with Crippen LogP contribution in [0.2, 0.25) is 0 Å². The zero-order valence-electron chi connectivity index (χ0n) is 10.9. The van der Waals surface area contributed by atoms with Gasteiger partial charge in [0, 0.05) is 11.4 Å². The largest absolute Gasteiger partial charge is 0.356 e. The van der Waals surface area contributed by atoms with E-state index in [0.717, 1.165) is 22.5 Å². The van der Waals surface area contributed by atoms with Crippen LogP contribution in [0.5, 0.6) is 0 Å². The van der Waals surface area contributed by atoms with Gasteiger partial charge in [-0.1, -0.05) is 42.5 Å². The van der Waals surface area contributed by atoms with Crippen molar-refractivity contribution in [3.63, 3.8) is 0 Å². The molecule has 0 aliphatic rings. The third kappa shape index (κ3) is 4.71. The van der Waals surface area contributed by atoms with E-state index in [-0.39, 0.29) is 0 Å². The van der Waals surface area contributed by atoms with Crippen LogP contribution in [0.4, 0.5) is 11.4 Å². The number of hydrogen-bond donors (Lipinski definition) is 1. The Morgan fingerprint density at radius 2 is 1.30 bits per heavy atom. The van der Waals surface area contributed by atoms with Crippen molar-refractivity contribution in [1.82, 2.24) is 0 Å². The maximum atomic E-state index is 9.88. The number of benzene rings is 2. The molecule has 0 atom stereocenters. The highest BCUT2D eigenvalue weighted by Crippen LogP contribution is 2.14. The van der Waals surface area contributed by atoms with E-state index in [1.165, 1.54) is 11.3 Å². The molecule has 3 heteroatoms. The van der Waals surface area contributed by atoms with Crippen LogP contribution in [0.25, 0.3) is 0 Å². The minimum absolute atomic E-state index is 0.792. The quantitative estimate of drug-likeness (QED) is 0.685. The molecule has 0 unspecified atom stereocenters. The SMILES string of the molecule is O=Cc1cccs1.c1ccc(Nc2ccccc2)cc1. The summed E-state index contributed by atoms with van der Waals surface area (Å²) in [5.74, 6) is 0. The highest BCUT2D eigenvalue weighted by atomic mass is 32.1. The summed E-state index contributed by atoms with van der Waals surface area (Å²) in [5, 5.41) is 5.18. The summed E-state index contributed by atoms with van der Waals surface area (Å²) >= 11 is 1.45. The van der Waals surface area contributed by atoms with E-state index in [2.05, 4.69) is 5.32 Å². The van der Waals surface area contributed by atoms with Gasteiger partial charge in [0.2, 0.25) is 0 Å². The van der Waals surface area contributed by atoms with E-state index in [4.69, 9.17) is 0 Å². The van der Waals surface area contributed by atoms with E-state index in [9.17, 15) is 4.79 Å². The molecule has 2 aromatic carbocycles. The van der Waals surface area contributed by atoms with Crippen LogP contribution < -0.4 is 5.32 Å². The molecule has 1 heterocycles. The van der Waals surface area contributed by atoms with Gasteiger partial charge in [-0.05, 0) is 35.7 Å². The van der Waals surface area contributed by atoms with E-state index >= 15 is 0 Å². The van der Waals surface area contributed by atoms with Gasteiger partial charge in [0.25, 0.3) is 0 Å². The Bertz CT molecular complexity index is 569. The molecule has 0 radical (unpaired) electrons. The molecular formula is C17H15NOS. The average molecular weight is 281 g/mol. The summed E-state index contributed by atoms with van der Waals surface area (Å²) in [6, 6.07) is 23.9. The van der Waals surface area contributed by atoms with E-state index in [0.29, 0.717) is 0 Å². The maximum absolute atomic E-state index is 9.88. The number of para-hydroxylation sites is 2. The molecule has 0 spiro atoms. The zero-order chi connectivity index (χ0) is 14.0. The van der Waals surface area contributed by atoms with Gasteiger partial charge in [0.15, 0.2) is 6.29 Å². The third-order valence-electron chi connectivity index (χ3n) is 2.50. The number of thiophene rings is 1. The lowest BCUT2D eigenvalue weighted by Crippen LogP contribution is -1.87. The van der Waals surface area contributed by atoms with Crippen molar-refractivity contribution in [2.75, 3.05) is 5.32 Å². The second-order valence-corrected chi connectivity index (χ2v) is 4.97. The van der Waals surface area contributed by atoms with Crippen LogP contribution in [0, 0.1) is 0 Å². The number of hydrogen-bond acceptors (Lipinski definition) is 3. The third-order valence-corrected chi connectivity index (χ3v) is 3.29. The molecule has 2 nitrogen and oxygen atoms in total. The van der Waals surface area contributed by atoms with Crippen molar-refractivity contribution in [2.45, 2.75) is 0 Å². The molecule has 100 valence electrons. The van der Waals surface area contributed by atoms with Crippen LogP contribution >= 0.6 is 11.3 Å². The van der Waals surface area contributed by atoms with Crippen molar-refractivity contribution < 1.29 is 4.79 Å². The van der Waals surface area contributed by atoms with Crippen LogP contribution in [-0.4, -0.2) is 6.29 Å². The number of anilines is 2. The van der Waals surface area contributed by atoms with Gasteiger partial charge < -0.3 is 5.32 Å². The molecule has 1 N–H and O–H groups in total. The van der Waals surface area contributed by atoms with Crippen molar-refractivity contribution in [3.8, 4) is 0 Å². The van der Waals surface area contributed by atoms with Crippen LogP contribution in [0.1, 0.15) is 9.67 Å². The topological polar surface area (TPSA) is 29.1 Å². The molecule has 0 aliphatic heterocycles. The molecular weight excluding hydrogens is 266 g/mol. The second kappa shape index (κ2) is 7.92. The molecule has 1 aromatic heterocycles. The molecule has 3 aromatic rings. The fraction of sp³-hybridized carbons (Fsp3) is 0. The van der Waals surface area contributed by atoms with Gasteiger partial charge in [0.1, 0.15) is 0 Å². The summed E-state index contributed by atoms with van der Waals surface area (Å²) in [4.78, 5) is 10.7. The monoisotopic (exact) mass is 281 g/mol. The Kier molecular flexibility index (Phi) is 5.55. The normalized spacial score (nSPS) is 9.20. The van der Waals surface area contributed by atoms with E-state index < -0.39 is 0 Å². The minimum atomic E-state index is 0.792. The van der Waals surface area contributed by atoms with Crippen LogP contribution in [0.3, 0.4) is 0 Å². The summed E-state index contributed by atoms with van der Waals surface area (Å²) in [6.07, 6.45) is 0.852. The molecule has 0 saturated carbocycles. The average Bonchev–Trinajstić information content (AvgIpc) is 3.03. The lowest BCUT2D eigenvalue weighted by atomic mass is 10.3. The highest BCUT2D eigenvalue weighted by molar-refractivity contribution is 7.11. The van der Waals surface area contributed by atoms with Crippen LogP contribution in [0.15, 0.2) is 78.2 Å². The summed E-state index contributed by atoms with van der Waals surface area (Å²) in [7, 11) is 0. The lowest BCUT2D eigenvalue weighted by Gasteiger charge is -2.04. The fourth-order valence-corrected chi connectivity index (χ4v) is 2.09. The van der Waals surface area contributed by atoms with E-state index in [1.807, 2.05) is 72.1 Å². The first kappa shape index (κ1) is 14.0. The number of nitrogens with one attached hydrogen (secondary N) is 1. The van der Waals surface area contributed by atoms with Gasteiger partial charge in [0.05, 0.1) is 4.88 Å². The predicted molar refractivity (Wildman–Crippen MR) is 85.9 cm³/mol. The maximum Gasteiger partial charge on any atom is 0.159 e. The summed E-state index contributed by atoms with van der Waals surface area (Å²) in [6.45, 7) is 0. The Balaban J connectivity index is 0.000000178. The number of carbonyl (C=O) groups is 1. The van der Waals surface area contributed by atoms with Crippen molar-refractivity contribution in [1.29, 1.82) is 0 Å². The Hall–Kier alpha value is -2.39. The van der Waals surface area contributed by atoms with Crippen molar-refractivity contribution >= 4 is 29.0 Å². The first-order valence-corrected chi connectivity index (χ1v) is 7.12. The molecule has 20 heavy (non-hydrogen) atoms. The van der Waals surface area contributed by atoms with Gasteiger partial charge >= 0.3 is 0 Å². The van der Waals surface area contributed by atoms with Gasteiger partial charge in [-0.3, -0.25) is 4.79 Å². The molecule has 0 aliphatic carbocycles. The van der Waals surface area contributed by atoms with Crippen molar-refractivity contribution in [3.05, 3.63) is 83.1 Å². The predicted octanol–water partition coefficient (Wildman–Crippen LogP) is 4.99. The molecule has 0 bridgehead atoms. The van der Waals surface area contributed by atoms with Crippen LogP contribution in [-0.2, 0) is 0 Å². The Morgan fingerprint density at radius 1 is 0.750 bits per heavy atom. The first-order chi connectivity index (χ1) is 9.88. The minimum Gasteiger partial charge on any atom is -0.356 e. The van der Waals surface area contributed by atoms with E-state index in [1.54, 1.807) is 6.07 Å². The lowest BCUT2D eigenvalue weighted by molar-refractivity contribution is 0.112.